The van der Waals surface area contributed by atoms with Crippen molar-refractivity contribution in [2.75, 3.05) is 20.7 Å². The minimum atomic E-state index is -0.782. The lowest BCUT2D eigenvalue weighted by atomic mass is 9.36. The number of hydrogen-bond donors (Lipinski definition) is 1. The third-order valence-electron chi connectivity index (χ3n) is 9.48. The van der Waals surface area contributed by atoms with E-state index in [1.807, 2.05) is 14.0 Å². The molecule has 4 nitrogen and oxygen atoms in total. The van der Waals surface area contributed by atoms with Gasteiger partial charge in [0.25, 0.3) is 0 Å². The zero-order valence-electron chi connectivity index (χ0n) is 18.1. The molecule has 0 aromatic heterocycles. The Kier molecular flexibility index (Phi) is 3.47. The highest BCUT2D eigenvalue weighted by Crippen LogP contribution is 2.74. The van der Waals surface area contributed by atoms with Crippen molar-refractivity contribution in [3.05, 3.63) is 41.5 Å². The standard InChI is InChI=1S/C25H33NO3/c1-5-9-22(2,27)18-15-23-10-11-25(18,28-4)21-24(23)12-13-26(3)19(23)14-16-7-6-8-17(29-21)20(16)24/h6-8,10-11,18-19,21,27H,5,9,12-15H2,1-4H3. The van der Waals surface area contributed by atoms with Crippen molar-refractivity contribution in [1.82, 2.24) is 4.90 Å². The van der Waals surface area contributed by atoms with Gasteiger partial charge in [-0.25, -0.2) is 0 Å². The van der Waals surface area contributed by atoms with Crippen LogP contribution in [0.1, 0.15) is 50.7 Å². The van der Waals surface area contributed by atoms with E-state index in [4.69, 9.17) is 9.47 Å². The summed E-state index contributed by atoms with van der Waals surface area (Å²) in [5.74, 6) is 1.08. The predicted octanol–water partition coefficient (Wildman–Crippen LogP) is 3.46. The monoisotopic (exact) mass is 395 g/mol. The molecule has 4 bridgehead atoms. The molecule has 1 aromatic carbocycles. The van der Waals surface area contributed by atoms with Crippen LogP contribution in [0.3, 0.4) is 0 Å². The lowest BCUT2D eigenvalue weighted by Crippen LogP contribution is -2.80. The molecule has 2 aliphatic heterocycles. The van der Waals surface area contributed by atoms with Gasteiger partial charge in [-0.3, -0.25) is 0 Å². The van der Waals surface area contributed by atoms with E-state index in [1.165, 1.54) is 11.1 Å². The van der Waals surface area contributed by atoms with Crippen LogP contribution < -0.4 is 4.74 Å². The molecule has 4 heteroatoms. The maximum absolute atomic E-state index is 11.7. The summed E-state index contributed by atoms with van der Waals surface area (Å²) in [7, 11) is 4.10. The van der Waals surface area contributed by atoms with Crippen molar-refractivity contribution in [2.45, 2.75) is 74.7 Å². The van der Waals surface area contributed by atoms with Gasteiger partial charge in [0.05, 0.1) is 11.0 Å². The van der Waals surface area contributed by atoms with Crippen LogP contribution in [0.4, 0.5) is 0 Å². The van der Waals surface area contributed by atoms with Crippen molar-refractivity contribution in [1.29, 1.82) is 0 Å². The summed E-state index contributed by atoms with van der Waals surface area (Å²) in [6.07, 6.45) is 9.57. The fourth-order valence-electron chi connectivity index (χ4n) is 8.41. The van der Waals surface area contributed by atoms with Gasteiger partial charge in [-0.2, -0.15) is 0 Å². The average molecular weight is 396 g/mol. The van der Waals surface area contributed by atoms with Gasteiger partial charge in [0.15, 0.2) is 0 Å². The molecule has 6 aliphatic rings. The van der Waals surface area contributed by atoms with Crippen LogP contribution in [-0.2, 0) is 16.6 Å². The Labute approximate surface area is 173 Å². The number of piperidine rings is 1. The number of nitrogens with zero attached hydrogens (tertiary/aromatic N) is 1. The van der Waals surface area contributed by atoms with Crippen LogP contribution in [0.25, 0.3) is 0 Å². The van der Waals surface area contributed by atoms with Gasteiger partial charge in [0.2, 0.25) is 0 Å². The van der Waals surface area contributed by atoms with E-state index in [0.717, 1.165) is 44.4 Å². The molecule has 2 spiro atoms. The van der Waals surface area contributed by atoms with Crippen LogP contribution in [0.15, 0.2) is 30.4 Å². The molecule has 1 N–H and O–H groups in total. The zero-order chi connectivity index (χ0) is 20.2. The van der Waals surface area contributed by atoms with E-state index < -0.39 is 11.2 Å². The van der Waals surface area contributed by atoms with Crippen LogP contribution in [0, 0.1) is 11.3 Å². The first-order chi connectivity index (χ1) is 13.9. The van der Waals surface area contributed by atoms with Crippen LogP contribution in [-0.4, -0.2) is 54.1 Å². The van der Waals surface area contributed by atoms with Crippen LogP contribution in [0.2, 0.25) is 0 Å². The summed E-state index contributed by atoms with van der Waals surface area (Å²) in [5.41, 5.74) is 1.49. The molecule has 0 radical (unpaired) electrons. The molecule has 1 aromatic rings. The van der Waals surface area contributed by atoms with Crippen molar-refractivity contribution in [2.24, 2.45) is 11.3 Å². The van der Waals surface area contributed by atoms with E-state index in [2.05, 4.69) is 49.2 Å². The van der Waals surface area contributed by atoms with E-state index >= 15 is 0 Å². The molecule has 2 fully saturated rings. The average Bonchev–Trinajstić information content (AvgIpc) is 3.07. The molecular weight excluding hydrogens is 362 g/mol. The molecule has 7 unspecified atom stereocenters. The fraction of sp³-hybridized carbons (Fsp3) is 0.680. The summed E-state index contributed by atoms with van der Waals surface area (Å²) in [6, 6.07) is 7.05. The van der Waals surface area contributed by atoms with Crippen LogP contribution >= 0.6 is 0 Å². The second-order valence-corrected chi connectivity index (χ2v) is 10.5. The first-order valence-electron chi connectivity index (χ1n) is 11.3. The number of aliphatic hydroxyl groups is 1. The minimum Gasteiger partial charge on any atom is -0.486 e. The number of likely N-dealkylation sites (tertiary alicyclic amines) is 1. The molecule has 29 heavy (non-hydrogen) atoms. The van der Waals surface area contributed by atoms with Crippen molar-refractivity contribution >= 4 is 0 Å². The molecule has 156 valence electrons. The fourth-order valence-corrected chi connectivity index (χ4v) is 8.41. The van der Waals surface area contributed by atoms with Crippen molar-refractivity contribution < 1.29 is 14.6 Å². The third kappa shape index (κ3) is 1.81. The third-order valence-corrected chi connectivity index (χ3v) is 9.48. The Balaban J connectivity index is 1.65. The van der Waals surface area contributed by atoms with E-state index in [1.54, 1.807) is 0 Å². The van der Waals surface area contributed by atoms with E-state index in [0.29, 0.717) is 6.04 Å². The highest BCUT2D eigenvalue weighted by Gasteiger charge is 2.79. The molecule has 0 amide bonds. The number of rotatable bonds is 4. The van der Waals surface area contributed by atoms with Crippen molar-refractivity contribution in [3.8, 4) is 5.75 Å². The molecule has 7 atom stereocenters. The first kappa shape index (κ1) is 18.4. The van der Waals surface area contributed by atoms with Gasteiger partial charge in [0.1, 0.15) is 17.5 Å². The number of methoxy groups -OCH3 is 1. The summed E-state index contributed by atoms with van der Waals surface area (Å²) in [4.78, 5) is 2.57. The Morgan fingerprint density at radius 1 is 1.34 bits per heavy atom. The van der Waals surface area contributed by atoms with Gasteiger partial charge in [-0.05, 0) is 57.8 Å². The van der Waals surface area contributed by atoms with E-state index in [9.17, 15) is 5.11 Å². The molecule has 1 saturated heterocycles. The Morgan fingerprint density at radius 3 is 2.93 bits per heavy atom. The number of ether oxygens (including phenoxy) is 2. The summed E-state index contributed by atoms with van der Waals surface area (Å²) < 4.78 is 13.2. The maximum atomic E-state index is 11.7. The maximum Gasteiger partial charge on any atom is 0.142 e. The Morgan fingerprint density at radius 2 is 2.17 bits per heavy atom. The smallest absolute Gasteiger partial charge is 0.142 e. The van der Waals surface area contributed by atoms with Gasteiger partial charge >= 0.3 is 0 Å². The number of hydrogen-bond acceptors (Lipinski definition) is 4. The molecule has 2 heterocycles. The van der Waals surface area contributed by atoms with Crippen LogP contribution in [0.5, 0.6) is 5.75 Å². The molecule has 7 rings (SSSR count). The highest BCUT2D eigenvalue weighted by atomic mass is 16.6. The Bertz CT molecular complexity index is 909. The number of fused-ring (bicyclic) bond motifs is 1. The second kappa shape index (κ2) is 5.46. The van der Waals surface area contributed by atoms with Gasteiger partial charge in [-0.15, -0.1) is 0 Å². The first-order valence-corrected chi connectivity index (χ1v) is 11.3. The second-order valence-electron chi connectivity index (χ2n) is 10.5. The summed E-state index contributed by atoms with van der Waals surface area (Å²) >= 11 is 0. The topological polar surface area (TPSA) is 41.9 Å². The molecular formula is C25H33NO3. The predicted molar refractivity (Wildman–Crippen MR) is 112 cm³/mol. The lowest BCUT2D eigenvalue weighted by Gasteiger charge is -2.72. The van der Waals surface area contributed by atoms with Crippen molar-refractivity contribution in [3.63, 3.8) is 0 Å². The largest absolute Gasteiger partial charge is 0.486 e. The lowest BCUT2D eigenvalue weighted by molar-refractivity contribution is -0.247. The normalized spacial score (nSPS) is 45.6. The van der Waals surface area contributed by atoms with Gasteiger partial charge in [-0.1, -0.05) is 37.6 Å². The number of likely N-dealkylation sites (N-methyl/N-ethyl adjacent to an activating group) is 1. The van der Waals surface area contributed by atoms with E-state index in [-0.39, 0.29) is 22.9 Å². The Hall–Kier alpha value is -1.36. The quantitative estimate of drug-likeness (QED) is 0.793. The SMILES string of the molecule is CCCC(C)(O)C1CC23C=CC1(OC)C1Oc4cccc5c4C12CCN(C)C3C5. The van der Waals surface area contributed by atoms with Gasteiger partial charge < -0.3 is 19.5 Å². The molecule has 4 aliphatic carbocycles. The summed E-state index contributed by atoms with van der Waals surface area (Å²) in [5, 5.41) is 11.7. The van der Waals surface area contributed by atoms with Gasteiger partial charge in [0, 0.05) is 30.0 Å². The number of benzene rings is 1. The molecule has 1 saturated carbocycles. The summed E-state index contributed by atoms with van der Waals surface area (Å²) in [6.45, 7) is 5.27. The zero-order valence-corrected chi connectivity index (χ0v) is 18.1. The minimum absolute atomic E-state index is 0.00700. The highest BCUT2D eigenvalue weighted by molar-refractivity contribution is 5.61.